The van der Waals surface area contributed by atoms with E-state index >= 15 is 0 Å². The maximum Gasteiger partial charge on any atom is 2.00 e. The molecule has 0 amide bonds. The van der Waals surface area contributed by atoms with Crippen molar-refractivity contribution < 1.29 is 36.6 Å². The Morgan fingerprint density at radius 2 is 1.29 bits per heavy atom. The van der Waals surface area contributed by atoms with Crippen molar-refractivity contribution in [3.8, 4) is 0 Å². The number of alkyl halides is 6. The molecule has 0 bridgehead atoms. The molecule has 0 aliphatic heterocycles. The molecule has 0 N–H and O–H groups in total. The van der Waals surface area contributed by atoms with Crippen LogP contribution in [-0.2, 0) is 0 Å². The van der Waals surface area contributed by atoms with Crippen LogP contribution in [-0.4, -0.2) is 68.7 Å². The first kappa shape index (κ1) is 17.2. The molecule has 3 atom stereocenters. The molecule has 0 aliphatic rings. The van der Waals surface area contributed by atoms with Crippen LogP contribution < -0.4 is 10.2 Å². The van der Waals surface area contributed by atoms with E-state index in [1.165, 1.54) is 0 Å². The van der Waals surface area contributed by atoms with Crippen LogP contribution >= 0.6 is 0 Å². The molecule has 0 aromatic carbocycles. The normalized spacial score (nSPS) is 18.6. The summed E-state index contributed by atoms with van der Waals surface area (Å²) in [6, 6.07) is 0. The molecule has 2 nitrogen and oxygen atoms in total. The van der Waals surface area contributed by atoms with E-state index in [1.807, 2.05) is 0 Å². The van der Waals surface area contributed by atoms with E-state index in [0.717, 1.165) is 0 Å². The maximum absolute atomic E-state index is 12.1. The van der Waals surface area contributed by atoms with E-state index in [9.17, 15) is 36.6 Å². The predicted octanol–water partition coefficient (Wildman–Crippen LogP) is -0.771. The molecule has 80 valence electrons. The number of hydrogen-bond donors (Lipinski definition) is 0. The van der Waals surface area contributed by atoms with Gasteiger partial charge in [-0.05, 0) is 6.10 Å². The fraction of sp³-hybridized carbons (Fsp3) is 1.00. The predicted molar refractivity (Wildman–Crippen MR) is 30.3 cm³/mol. The van der Waals surface area contributed by atoms with Gasteiger partial charge in [-0.1, -0.05) is 0 Å². The van der Waals surface area contributed by atoms with Crippen LogP contribution in [0.2, 0.25) is 0 Å². The van der Waals surface area contributed by atoms with Crippen molar-refractivity contribution in [1.29, 1.82) is 0 Å². The summed E-state index contributed by atoms with van der Waals surface area (Å²) in [7, 11) is 0. The summed E-state index contributed by atoms with van der Waals surface area (Å²) < 4.78 is 69.0. The standard InChI is InChI=1S/C5H4F6O2.Ca/c6-1(2(12)4(7)8)3(13)5(9,10)11;/h1-4H;/q-2;+2. The first-order valence-electron chi connectivity index (χ1n) is 2.98. The van der Waals surface area contributed by atoms with Crippen LogP contribution in [0, 0.1) is 0 Å². The smallest absolute Gasteiger partial charge is 0.846 e. The molecule has 0 radical (unpaired) electrons. The topological polar surface area (TPSA) is 46.1 Å². The molecule has 3 unspecified atom stereocenters. The number of rotatable bonds is 3. The van der Waals surface area contributed by atoms with Crippen LogP contribution in [0.25, 0.3) is 0 Å². The van der Waals surface area contributed by atoms with Gasteiger partial charge in [0.2, 0.25) is 6.43 Å². The molecule has 0 saturated carbocycles. The molecule has 0 aliphatic carbocycles. The molecule has 0 rings (SSSR count). The molecule has 0 aromatic heterocycles. The van der Waals surface area contributed by atoms with Crippen molar-refractivity contribution in [2.24, 2.45) is 0 Å². The summed E-state index contributed by atoms with van der Waals surface area (Å²) >= 11 is 0. The summed E-state index contributed by atoms with van der Waals surface area (Å²) in [6.07, 6.45) is -20.4. The van der Waals surface area contributed by atoms with E-state index in [-0.39, 0.29) is 37.7 Å². The van der Waals surface area contributed by atoms with Crippen LogP contribution in [0.15, 0.2) is 0 Å². The first-order valence-corrected chi connectivity index (χ1v) is 2.98. The molecule has 0 aromatic rings. The van der Waals surface area contributed by atoms with Crippen LogP contribution in [0.5, 0.6) is 0 Å². The molecule has 0 spiro atoms. The third kappa shape index (κ3) is 5.01. The minimum absolute atomic E-state index is 0. The zero-order chi connectivity index (χ0) is 10.8. The first-order chi connectivity index (χ1) is 5.68. The van der Waals surface area contributed by atoms with Crippen molar-refractivity contribution in [2.75, 3.05) is 0 Å². The van der Waals surface area contributed by atoms with Gasteiger partial charge in [-0.15, -0.1) is 0 Å². The number of hydrogen-bond acceptors (Lipinski definition) is 2. The van der Waals surface area contributed by atoms with Gasteiger partial charge < -0.3 is 10.2 Å². The van der Waals surface area contributed by atoms with Gasteiger partial charge >= 0.3 is 43.9 Å². The zero-order valence-electron chi connectivity index (χ0n) is 6.60. The monoisotopic (exact) mass is 250 g/mol. The molecule has 14 heavy (non-hydrogen) atoms. The quantitative estimate of drug-likeness (QED) is 0.487. The van der Waals surface area contributed by atoms with E-state index in [0.29, 0.717) is 0 Å². The summed E-state index contributed by atoms with van der Waals surface area (Å²) in [4.78, 5) is 0. The van der Waals surface area contributed by atoms with Crippen LogP contribution in [0.4, 0.5) is 26.3 Å². The molecular formula is C5H4CaF6O2. The second-order valence-electron chi connectivity index (χ2n) is 2.21. The van der Waals surface area contributed by atoms with Crippen LogP contribution in [0.3, 0.4) is 0 Å². The second-order valence-corrected chi connectivity index (χ2v) is 2.21. The van der Waals surface area contributed by atoms with Crippen molar-refractivity contribution >= 4 is 37.7 Å². The zero-order valence-corrected chi connectivity index (χ0v) is 8.81. The van der Waals surface area contributed by atoms with E-state index in [1.54, 1.807) is 0 Å². The molecule has 9 heteroatoms. The average Bonchev–Trinajstić information content (AvgIpc) is 1.98. The number of halogens is 6. The van der Waals surface area contributed by atoms with Gasteiger partial charge in [-0.2, -0.15) is 13.2 Å². The Balaban J connectivity index is 0. The molecular weight excluding hydrogens is 246 g/mol. The summed E-state index contributed by atoms with van der Waals surface area (Å²) in [5.74, 6) is 0. The molecule has 0 heterocycles. The third-order valence-corrected chi connectivity index (χ3v) is 1.17. The Morgan fingerprint density at radius 1 is 0.929 bits per heavy atom. The van der Waals surface area contributed by atoms with Gasteiger partial charge in [0.25, 0.3) is 0 Å². The minimum atomic E-state index is -5.52. The molecule has 0 fully saturated rings. The van der Waals surface area contributed by atoms with Crippen molar-refractivity contribution in [1.82, 2.24) is 0 Å². The SMILES string of the molecule is [Ca+2].[O-]C(C(F)F)C(F)C([O-])C(F)(F)F. The van der Waals surface area contributed by atoms with Gasteiger partial charge in [0.05, 0.1) is 6.17 Å². The van der Waals surface area contributed by atoms with E-state index in [4.69, 9.17) is 0 Å². The van der Waals surface area contributed by atoms with E-state index < -0.39 is 31.0 Å². The van der Waals surface area contributed by atoms with Crippen molar-refractivity contribution in [2.45, 2.75) is 31.0 Å². The second kappa shape index (κ2) is 6.37. The summed E-state index contributed by atoms with van der Waals surface area (Å²) in [5.41, 5.74) is 0. The van der Waals surface area contributed by atoms with E-state index in [2.05, 4.69) is 0 Å². The van der Waals surface area contributed by atoms with Gasteiger partial charge in [0, 0.05) is 6.10 Å². The van der Waals surface area contributed by atoms with Gasteiger partial charge in [-0.3, -0.25) is 0 Å². The van der Waals surface area contributed by atoms with Crippen molar-refractivity contribution in [3.63, 3.8) is 0 Å². The van der Waals surface area contributed by atoms with Crippen LogP contribution in [0.1, 0.15) is 0 Å². The van der Waals surface area contributed by atoms with Gasteiger partial charge in [0.15, 0.2) is 0 Å². The third-order valence-electron chi connectivity index (χ3n) is 1.17. The Labute approximate surface area is 105 Å². The fourth-order valence-corrected chi connectivity index (χ4v) is 0.492. The average molecular weight is 250 g/mol. The maximum atomic E-state index is 12.1. The van der Waals surface area contributed by atoms with Gasteiger partial charge in [0.1, 0.15) is 0 Å². The Bertz CT molecular complexity index is 163. The Kier molecular flexibility index (Phi) is 7.80. The fourth-order valence-electron chi connectivity index (χ4n) is 0.492. The minimum Gasteiger partial charge on any atom is -0.846 e. The van der Waals surface area contributed by atoms with Crippen molar-refractivity contribution in [3.05, 3.63) is 0 Å². The van der Waals surface area contributed by atoms with Gasteiger partial charge in [-0.25, -0.2) is 13.2 Å². The molecule has 0 saturated heterocycles. The summed E-state index contributed by atoms with van der Waals surface area (Å²) in [6.45, 7) is 0. The Hall–Kier alpha value is 0.760. The Morgan fingerprint density at radius 3 is 1.50 bits per heavy atom. The largest absolute Gasteiger partial charge is 2.00 e. The summed E-state index contributed by atoms with van der Waals surface area (Å²) in [5, 5.41) is 19.9.